The maximum atomic E-state index is 12.3. The zero-order valence-electron chi connectivity index (χ0n) is 10.3. The molecule has 0 radical (unpaired) electrons. The van der Waals surface area contributed by atoms with Crippen molar-refractivity contribution in [2.75, 3.05) is 0 Å². The van der Waals surface area contributed by atoms with Crippen molar-refractivity contribution >= 4 is 11.6 Å². The minimum Gasteiger partial charge on any atom is -0.295 e. The van der Waals surface area contributed by atoms with Gasteiger partial charge in [0.1, 0.15) is 0 Å². The Labute approximate surface area is 105 Å². The topological polar surface area (TPSA) is 34.1 Å². The molecule has 0 saturated carbocycles. The molecular weight excluding hydrogens is 224 g/mol. The summed E-state index contributed by atoms with van der Waals surface area (Å²) in [6.07, 6.45) is 0. The SMILES string of the molecule is CC(=O)c1cc(C)c2c(c1)-c1ccccc1C2=O. The third kappa shape index (κ3) is 1.35. The summed E-state index contributed by atoms with van der Waals surface area (Å²) in [6, 6.07) is 11.2. The number of hydrogen-bond acceptors (Lipinski definition) is 2. The van der Waals surface area contributed by atoms with Gasteiger partial charge in [0.15, 0.2) is 11.6 Å². The van der Waals surface area contributed by atoms with Gasteiger partial charge in [0.25, 0.3) is 0 Å². The molecule has 0 heterocycles. The van der Waals surface area contributed by atoms with Gasteiger partial charge < -0.3 is 0 Å². The second-order valence-corrected chi connectivity index (χ2v) is 4.65. The molecule has 3 rings (SSSR count). The molecule has 0 spiro atoms. The molecule has 18 heavy (non-hydrogen) atoms. The van der Waals surface area contributed by atoms with Gasteiger partial charge in [0, 0.05) is 16.7 Å². The van der Waals surface area contributed by atoms with E-state index >= 15 is 0 Å². The number of fused-ring (bicyclic) bond motifs is 3. The minimum absolute atomic E-state index is 0.0257. The lowest BCUT2D eigenvalue weighted by Gasteiger charge is -2.06. The molecule has 0 aromatic heterocycles. The van der Waals surface area contributed by atoms with Crippen molar-refractivity contribution in [3.05, 3.63) is 58.7 Å². The lowest BCUT2D eigenvalue weighted by molar-refractivity contribution is 0.101. The largest absolute Gasteiger partial charge is 0.295 e. The number of benzene rings is 2. The summed E-state index contributed by atoms with van der Waals surface area (Å²) < 4.78 is 0. The van der Waals surface area contributed by atoms with Crippen LogP contribution < -0.4 is 0 Å². The van der Waals surface area contributed by atoms with Crippen LogP contribution in [-0.2, 0) is 0 Å². The Morgan fingerprint density at radius 2 is 1.67 bits per heavy atom. The molecule has 0 aliphatic heterocycles. The minimum atomic E-state index is 0.0257. The van der Waals surface area contributed by atoms with Gasteiger partial charge in [-0.1, -0.05) is 24.3 Å². The van der Waals surface area contributed by atoms with Crippen LogP contribution >= 0.6 is 0 Å². The summed E-state index contributed by atoms with van der Waals surface area (Å²) in [7, 11) is 0. The lowest BCUT2D eigenvalue weighted by Crippen LogP contribution is -2.00. The van der Waals surface area contributed by atoms with Crippen molar-refractivity contribution in [1.29, 1.82) is 0 Å². The normalized spacial score (nSPS) is 12.2. The van der Waals surface area contributed by atoms with Crippen molar-refractivity contribution < 1.29 is 9.59 Å². The molecule has 88 valence electrons. The lowest BCUT2D eigenvalue weighted by atomic mass is 9.97. The average Bonchev–Trinajstić information content (AvgIpc) is 2.64. The number of rotatable bonds is 1. The quantitative estimate of drug-likeness (QED) is 0.607. The second kappa shape index (κ2) is 3.64. The third-order valence-electron chi connectivity index (χ3n) is 3.43. The van der Waals surface area contributed by atoms with Crippen molar-refractivity contribution in [2.45, 2.75) is 13.8 Å². The van der Waals surface area contributed by atoms with Crippen LogP contribution in [0.25, 0.3) is 11.1 Å². The smallest absolute Gasteiger partial charge is 0.194 e. The van der Waals surface area contributed by atoms with Crippen molar-refractivity contribution in [3.8, 4) is 11.1 Å². The summed E-state index contributed by atoms with van der Waals surface area (Å²) >= 11 is 0. The van der Waals surface area contributed by atoms with Gasteiger partial charge in [-0.25, -0.2) is 0 Å². The number of hydrogen-bond donors (Lipinski definition) is 0. The fraction of sp³-hybridized carbons (Fsp3) is 0.125. The van der Waals surface area contributed by atoms with Crippen LogP contribution in [0, 0.1) is 6.92 Å². The Morgan fingerprint density at radius 1 is 1.00 bits per heavy atom. The molecule has 1 aliphatic rings. The van der Waals surface area contributed by atoms with Crippen LogP contribution in [0.5, 0.6) is 0 Å². The molecule has 0 amide bonds. The Balaban J connectivity index is 2.37. The molecule has 2 nitrogen and oxygen atoms in total. The highest BCUT2D eigenvalue weighted by Gasteiger charge is 2.28. The van der Waals surface area contributed by atoms with E-state index in [0.717, 1.165) is 27.8 Å². The first-order chi connectivity index (χ1) is 8.59. The van der Waals surface area contributed by atoms with Crippen LogP contribution in [0.2, 0.25) is 0 Å². The predicted molar refractivity (Wildman–Crippen MR) is 70.1 cm³/mol. The zero-order valence-corrected chi connectivity index (χ0v) is 10.3. The number of carbonyl (C=O) groups is 2. The van der Waals surface area contributed by atoms with E-state index in [9.17, 15) is 9.59 Å². The maximum Gasteiger partial charge on any atom is 0.194 e. The number of ketones is 2. The van der Waals surface area contributed by atoms with E-state index in [0.29, 0.717) is 5.56 Å². The van der Waals surface area contributed by atoms with Crippen LogP contribution in [0.1, 0.15) is 38.8 Å². The van der Waals surface area contributed by atoms with E-state index in [4.69, 9.17) is 0 Å². The molecule has 0 atom stereocenters. The Bertz CT molecular complexity index is 696. The molecule has 0 fully saturated rings. The number of Topliss-reactive ketones (excluding diaryl/α,β-unsaturated/α-hetero) is 1. The summed E-state index contributed by atoms with van der Waals surface area (Å²) in [5.74, 6) is 0.0888. The first kappa shape index (κ1) is 10.9. The summed E-state index contributed by atoms with van der Waals surface area (Å²) in [4.78, 5) is 23.8. The van der Waals surface area contributed by atoms with E-state index in [2.05, 4.69) is 0 Å². The van der Waals surface area contributed by atoms with Crippen molar-refractivity contribution in [1.82, 2.24) is 0 Å². The van der Waals surface area contributed by atoms with Crippen LogP contribution in [0.15, 0.2) is 36.4 Å². The molecule has 2 aromatic rings. The highest BCUT2D eigenvalue weighted by Crippen LogP contribution is 2.38. The van der Waals surface area contributed by atoms with E-state index in [1.165, 1.54) is 0 Å². The molecule has 2 heteroatoms. The van der Waals surface area contributed by atoms with Gasteiger partial charge in [-0.3, -0.25) is 9.59 Å². The second-order valence-electron chi connectivity index (χ2n) is 4.65. The van der Waals surface area contributed by atoms with Crippen molar-refractivity contribution in [2.24, 2.45) is 0 Å². The Morgan fingerprint density at radius 3 is 2.33 bits per heavy atom. The van der Waals surface area contributed by atoms with Crippen molar-refractivity contribution in [3.63, 3.8) is 0 Å². The van der Waals surface area contributed by atoms with E-state index in [1.54, 1.807) is 13.0 Å². The molecular formula is C16H12O2. The Hall–Kier alpha value is -2.22. The van der Waals surface area contributed by atoms with Crippen LogP contribution in [0.4, 0.5) is 0 Å². The van der Waals surface area contributed by atoms with E-state index < -0.39 is 0 Å². The molecule has 0 N–H and O–H groups in total. The van der Waals surface area contributed by atoms with Gasteiger partial charge in [0.05, 0.1) is 0 Å². The fourth-order valence-corrected chi connectivity index (χ4v) is 2.55. The Kier molecular flexibility index (Phi) is 2.20. The van der Waals surface area contributed by atoms with E-state index in [-0.39, 0.29) is 11.6 Å². The fourth-order valence-electron chi connectivity index (χ4n) is 2.55. The van der Waals surface area contributed by atoms with Gasteiger partial charge in [-0.15, -0.1) is 0 Å². The first-order valence-corrected chi connectivity index (χ1v) is 5.89. The predicted octanol–water partition coefficient (Wildman–Crippen LogP) is 3.41. The highest BCUT2D eigenvalue weighted by molar-refractivity contribution is 6.23. The monoisotopic (exact) mass is 236 g/mol. The highest BCUT2D eigenvalue weighted by atomic mass is 16.1. The van der Waals surface area contributed by atoms with Crippen LogP contribution in [-0.4, -0.2) is 11.6 Å². The number of carbonyl (C=O) groups excluding carboxylic acids is 2. The first-order valence-electron chi connectivity index (χ1n) is 5.89. The molecule has 1 aliphatic carbocycles. The summed E-state index contributed by atoms with van der Waals surface area (Å²) in [6.45, 7) is 3.43. The number of aryl methyl sites for hydroxylation is 1. The standard InChI is InChI=1S/C16H12O2/c1-9-7-11(10(2)17)8-14-12-5-3-4-6-13(12)16(18)15(9)14/h3-8H,1-2H3. The molecule has 0 unspecified atom stereocenters. The van der Waals surface area contributed by atoms with Gasteiger partial charge in [-0.2, -0.15) is 0 Å². The average molecular weight is 236 g/mol. The summed E-state index contributed by atoms with van der Waals surface area (Å²) in [5.41, 5.74) is 4.83. The molecule has 2 aromatic carbocycles. The summed E-state index contributed by atoms with van der Waals surface area (Å²) in [5, 5.41) is 0. The van der Waals surface area contributed by atoms with Crippen LogP contribution in [0.3, 0.4) is 0 Å². The van der Waals surface area contributed by atoms with Gasteiger partial charge in [0.2, 0.25) is 0 Å². The molecule has 0 saturated heterocycles. The zero-order chi connectivity index (χ0) is 12.9. The molecule has 0 bridgehead atoms. The van der Waals surface area contributed by atoms with Gasteiger partial charge >= 0.3 is 0 Å². The van der Waals surface area contributed by atoms with Gasteiger partial charge in [-0.05, 0) is 42.7 Å². The third-order valence-corrected chi connectivity index (χ3v) is 3.43. The maximum absolute atomic E-state index is 12.3. The van der Waals surface area contributed by atoms with E-state index in [1.807, 2.05) is 37.3 Å².